The van der Waals surface area contributed by atoms with E-state index in [-0.39, 0.29) is 5.82 Å². The molecule has 1 aliphatic rings. The van der Waals surface area contributed by atoms with Gasteiger partial charge in [0.2, 0.25) is 0 Å². The van der Waals surface area contributed by atoms with Gasteiger partial charge in [-0.3, -0.25) is 4.90 Å². The summed E-state index contributed by atoms with van der Waals surface area (Å²) in [7, 11) is 0. The molecule has 0 saturated carbocycles. The first-order valence-corrected chi connectivity index (χ1v) is 7.44. The van der Waals surface area contributed by atoms with Crippen molar-refractivity contribution in [3.8, 4) is 0 Å². The molecule has 5 heteroatoms. The number of benzene rings is 1. The van der Waals surface area contributed by atoms with Crippen LogP contribution in [0.25, 0.3) is 0 Å². The van der Waals surface area contributed by atoms with Crippen molar-refractivity contribution >= 4 is 23.2 Å². The van der Waals surface area contributed by atoms with Crippen molar-refractivity contribution in [3.63, 3.8) is 0 Å². The summed E-state index contributed by atoms with van der Waals surface area (Å²) in [4.78, 5) is 2.32. The smallest absolute Gasteiger partial charge is 0.124 e. The highest BCUT2D eigenvalue weighted by atomic mass is 35.5. The predicted octanol–water partition coefficient (Wildman–Crippen LogP) is 3.70. The summed E-state index contributed by atoms with van der Waals surface area (Å²) in [6.45, 7) is 3.33. The largest absolute Gasteiger partial charge is 0.377 e. The lowest BCUT2D eigenvalue weighted by atomic mass is 10.1. The molecule has 19 heavy (non-hydrogen) atoms. The van der Waals surface area contributed by atoms with Gasteiger partial charge in [0.05, 0.1) is 12.7 Å². The van der Waals surface area contributed by atoms with Gasteiger partial charge in [-0.1, -0.05) is 17.7 Å². The number of nitrogens with zero attached hydrogens (tertiary/aromatic N) is 1. The Balaban J connectivity index is 1.82. The average Bonchev–Trinajstić information content (AvgIpc) is 2.41. The summed E-state index contributed by atoms with van der Waals surface area (Å²) in [5.41, 5.74) is 0.975. The van der Waals surface area contributed by atoms with Crippen molar-refractivity contribution in [2.75, 3.05) is 25.6 Å². The predicted molar refractivity (Wildman–Crippen MR) is 76.4 cm³/mol. The van der Waals surface area contributed by atoms with Gasteiger partial charge in [0.25, 0.3) is 0 Å². The summed E-state index contributed by atoms with van der Waals surface area (Å²) in [5, 5.41) is 0.500. The first-order chi connectivity index (χ1) is 9.19. The zero-order valence-corrected chi connectivity index (χ0v) is 12.3. The molecule has 0 aliphatic carbocycles. The molecule has 106 valence electrons. The van der Waals surface area contributed by atoms with E-state index in [1.165, 1.54) is 12.1 Å². The Labute approximate surface area is 123 Å². The van der Waals surface area contributed by atoms with Gasteiger partial charge in [-0.2, -0.15) is 0 Å². The van der Waals surface area contributed by atoms with Crippen LogP contribution in [0.2, 0.25) is 5.02 Å². The van der Waals surface area contributed by atoms with Crippen LogP contribution in [0.5, 0.6) is 0 Å². The van der Waals surface area contributed by atoms with Crippen LogP contribution in [-0.2, 0) is 11.3 Å². The van der Waals surface area contributed by atoms with E-state index in [0.717, 1.165) is 38.0 Å². The van der Waals surface area contributed by atoms with Crippen LogP contribution in [-0.4, -0.2) is 36.6 Å². The Morgan fingerprint density at radius 3 is 2.68 bits per heavy atom. The lowest BCUT2D eigenvalue weighted by Crippen LogP contribution is -2.36. The van der Waals surface area contributed by atoms with Gasteiger partial charge in [-0.15, -0.1) is 11.6 Å². The van der Waals surface area contributed by atoms with E-state index in [1.54, 1.807) is 6.07 Å². The number of piperidine rings is 1. The SMILES string of the molecule is Fc1ccc(CN2CCC(OCCCl)CC2)c(Cl)c1. The third-order valence-electron chi connectivity index (χ3n) is 3.37. The standard InChI is InChI=1S/C14H18Cl2FNO/c15-5-8-19-13-3-6-18(7-4-13)10-11-1-2-12(17)9-14(11)16/h1-2,9,13H,3-8,10H2. The Bertz CT molecular complexity index is 408. The van der Waals surface area contributed by atoms with Gasteiger partial charge < -0.3 is 4.74 Å². The van der Waals surface area contributed by atoms with Gasteiger partial charge in [0.1, 0.15) is 5.82 Å². The molecule has 1 aliphatic heterocycles. The van der Waals surface area contributed by atoms with Crippen molar-refractivity contribution < 1.29 is 9.13 Å². The molecule has 0 aromatic heterocycles. The molecule has 0 radical (unpaired) electrons. The molecule has 1 fully saturated rings. The number of alkyl halides is 1. The van der Waals surface area contributed by atoms with Gasteiger partial charge in [-0.05, 0) is 30.5 Å². The second-order valence-corrected chi connectivity index (χ2v) is 5.56. The zero-order valence-electron chi connectivity index (χ0n) is 10.7. The molecule has 1 aromatic rings. The fraction of sp³-hybridized carbons (Fsp3) is 0.571. The van der Waals surface area contributed by atoms with Gasteiger partial charge in [0, 0.05) is 30.5 Å². The Morgan fingerprint density at radius 2 is 2.05 bits per heavy atom. The lowest BCUT2D eigenvalue weighted by molar-refractivity contribution is 0.0135. The van der Waals surface area contributed by atoms with E-state index in [4.69, 9.17) is 27.9 Å². The van der Waals surface area contributed by atoms with E-state index in [0.29, 0.717) is 23.6 Å². The minimum atomic E-state index is -0.290. The van der Waals surface area contributed by atoms with Gasteiger partial charge in [-0.25, -0.2) is 4.39 Å². The van der Waals surface area contributed by atoms with Crippen LogP contribution in [0.3, 0.4) is 0 Å². The van der Waals surface area contributed by atoms with Crippen molar-refractivity contribution in [1.82, 2.24) is 4.90 Å². The number of likely N-dealkylation sites (tertiary alicyclic amines) is 1. The highest BCUT2D eigenvalue weighted by Crippen LogP contribution is 2.21. The maximum absolute atomic E-state index is 13.0. The monoisotopic (exact) mass is 305 g/mol. The van der Waals surface area contributed by atoms with E-state index in [2.05, 4.69) is 4.90 Å². The molecular formula is C14H18Cl2FNO. The number of rotatable bonds is 5. The maximum Gasteiger partial charge on any atom is 0.124 e. The van der Waals surface area contributed by atoms with E-state index in [1.807, 2.05) is 0 Å². The molecule has 0 atom stereocenters. The minimum absolute atomic E-state index is 0.290. The number of hydrogen-bond acceptors (Lipinski definition) is 2. The fourth-order valence-electron chi connectivity index (χ4n) is 2.34. The molecule has 1 aromatic carbocycles. The number of halogens is 3. The van der Waals surface area contributed by atoms with E-state index in [9.17, 15) is 4.39 Å². The summed E-state index contributed by atoms with van der Waals surface area (Å²) < 4.78 is 18.6. The third-order valence-corrected chi connectivity index (χ3v) is 3.88. The van der Waals surface area contributed by atoms with Crippen LogP contribution in [0, 0.1) is 5.82 Å². The third kappa shape index (κ3) is 4.60. The number of hydrogen-bond donors (Lipinski definition) is 0. The molecule has 0 bridgehead atoms. The highest BCUT2D eigenvalue weighted by Gasteiger charge is 2.20. The molecule has 1 saturated heterocycles. The summed E-state index contributed by atoms with van der Waals surface area (Å²) >= 11 is 11.6. The quantitative estimate of drug-likeness (QED) is 0.769. The Kier molecular flexibility index (Phi) is 5.89. The molecule has 0 amide bonds. The van der Waals surface area contributed by atoms with Crippen molar-refractivity contribution in [2.45, 2.75) is 25.5 Å². The van der Waals surface area contributed by atoms with Crippen molar-refractivity contribution in [1.29, 1.82) is 0 Å². The zero-order chi connectivity index (χ0) is 13.7. The van der Waals surface area contributed by atoms with Crippen LogP contribution in [0.4, 0.5) is 4.39 Å². The van der Waals surface area contributed by atoms with Gasteiger partial charge in [0.15, 0.2) is 0 Å². The first-order valence-electron chi connectivity index (χ1n) is 6.53. The molecule has 0 spiro atoms. The van der Waals surface area contributed by atoms with Crippen LogP contribution < -0.4 is 0 Å². The summed E-state index contributed by atoms with van der Waals surface area (Å²) in [6.07, 6.45) is 2.34. The normalized spacial score (nSPS) is 17.8. The summed E-state index contributed by atoms with van der Waals surface area (Å²) in [5.74, 6) is 0.257. The number of ether oxygens (including phenoxy) is 1. The van der Waals surface area contributed by atoms with Crippen molar-refractivity contribution in [2.24, 2.45) is 0 Å². The lowest BCUT2D eigenvalue weighted by Gasteiger charge is -2.32. The average molecular weight is 306 g/mol. The first kappa shape index (κ1) is 15.0. The van der Waals surface area contributed by atoms with Crippen LogP contribution in [0.15, 0.2) is 18.2 Å². The maximum atomic E-state index is 13.0. The second kappa shape index (κ2) is 7.44. The molecule has 0 unspecified atom stereocenters. The van der Waals surface area contributed by atoms with Crippen molar-refractivity contribution in [3.05, 3.63) is 34.6 Å². The summed E-state index contributed by atoms with van der Waals surface area (Å²) in [6, 6.07) is 4.58. The van der Waals surface area contributed by atoms with E-state index >= 15 is 0 Å². The van der Waals surface area contributed by atoms with Crippen LogP contribution in [0.1, 0.15) is 18.4 Å². The molecule has 2 nitrogen and oxygen atoms in total. The molecular weight excluding hydrogens is 288 g/mol. The second-order valence-electron chi connectivity index (χ2n) is 4.77. The van der Waals surface area contributed by atoms with Crippen LogP contribution >= 0.6 is 23.2 Å². The highest BCUT2D eigenvalue weighted by molar-refractivity contribution is 6.31. The molecule has 1 heterocycles. The minimum Gasteiger partial charge on any atom is -0.377 e. The molecule has 2 rings (SSSR count). The fourth-order valence-corrected chi connectivity index (χ4v) is 2.65. The Morgan fingerprint density at radius 1 is 1.32 bits per heavy atom. The van der Waals surface area contributed by atoms with Gasteiger partial charge >= 0.3 is 0 Å². The molecule has 0 N–H and O–H groups in total. The topological polar surface area (TPSA) is 12.5 Å². The Hall–Kier alpha value is -0.350. The van der Waals surface area contributed by atoms with E-state index < -0.39 is 0 Å².